The zero-order valence-corrected chi connectivity index (χ0v) is 14.5. The summed E-state index contributed by atoms with van der Waals surface area (Å²) < 4.78 is 13.9. The fourth-order valence-corrected chi connectivity index (χ4v) is 3.24. The molecule has 0 unspecified atom stereocenters. The highest BCUT2D eigenvalue weighted by Gasteiger charge is 2.26. The molecule has 2 aromatic rings. The zero-order valence-electron chi connectivity index (χ0n) is 14.5. The topological polar surface area (TPSA) is 57.3 Å². The van der Waals surface area contributed by atoms with Gasteiger partial charge in [-0.3, -0.25) is 4.79 Å². The number of hydrogen-bond acceptors (Lipinski definition) is 4. The van der Waals surface area contributed by atoms with Crippen LogP contribution in [0.15, 0.2) is 42.6 Å². The summed E-state index contributed by atoms with van der Waals surface area (Å²) in [5.74, 6) is 0.0629. The second kappa shape index (κ2) is 7.61. The lowest BCUT2D eigenvalue weighted by molar-refractivity contribution is -0.114. The van der Waals surface area contributed by atoms with Gasteiger partial charge >= 0.3 is 0 Å². The number of aromatic nitrogens is 1. The lowest BCUT2D eigenvalue weighted by Gasteiger charge is -2.22. The van der Waals surface area contributed by atoms with E-state index in [0.29, 0.717) is 5.82 Å². The Kier molecular flexibility index (Phi) is 5.28. The first-order chi connectivity index (χ1) is 12.0. The molecule has 6 heteroatoms. The van der Waals surface area contributed by atoms with Crippen LogP contribution >= 0.6 is 0 Å². The van der Waals surface area contributed by atoms with Crippen LogP contribution in [0.4, 0.5) is 15.9 Å². The molecule has 0 saturated carbocycles. The van der Waals surface area contributed by atoms with Crippen LogP contribution in [-0.4, -0.2) is 30.0 Å². The van der Waals surface area contributed by atoms with Crippen molar-refractivity contribution in [3.63, 3.8) is 0 Å². The van der Waals surface area contributed by atoms with Crippen LogP contribution in [0.2, 0.25) is 0 Å². The maximum absolute atomic E-state index is 13.9. The van der Waals surface area contributed by atoms with E-state index in [2.05, 4.69) is 22.5 Å². The summed E-state index contributed by atoms with van der Waals surface area (Å²) in [6.45, 7) is 5.10. The van der Waals surface area contributed by atoms with Gasteiger partial charge in [-0.1, -0.05) is 12.1 Å². The third kappa shape index (κ3) is 4.33. The quantitative estimate of drug-likeness (QED) is 0.877. The van der Waals surface area contributed by atoms with Crippen molar-refractivity contribution in [1.29, 1.82) is 0 Å². The lowest BCUT2D eigenvalue weighted by atomic mass is 10.1. The Bertz CT molecular complexity index is 752. The normalized spacial score (nSPS) is 18.2. The molecule has 1 aliphatic rings. The highest BCUT2D eigenvalue weighted by Crippen LogP contribution is 2.23. The smallest absolute Gasteiger partial charge is 0.221 e. The number of carbonyl (C=O) groups is 1. The Morgan fingerprint density at radius 3 is 2.96 bits per heavy atom. The highest BCUT2D eigenvalue weighted by molar-refractivity contribution is 5.88. The third-order valence-corrected chi connectivity index (χ3v) is 4.42. The Hall–Kier alpha value is -2.47. The SMILES string of the molecule is CC(=O)Nc1cccc([C@@H](C)N[C@@H]2CCN(c3ncccc3F)C2)c1. The molecule has 1 aromatic carbocycles. The number of rotatable bonds is 5. The standard InChI is InChI=1S/C19H23FN4O/c1-13(15-5-3-6-16(11-15)23-14(2)25)22-17-8-10-24(12-17)19-18(20)7-4-9-21-19/h3-7,9,11,13,17,22H,8,10,12H2,1-2H3,(H,23,25)/t13-,17-/m1/s1. The van der Waals surface area contributed by atoms with E-state index in [0.717, 1.165) is 30.8 Å². The second-order valence-electron chi connectivity index (χ2n) is 6.44. The van der Waals surface area contributed by atoms with Crippen LogP contribution in [0.5, 0.6) is 0 Å². The van der Waals surface area contributed by atoms with Gasteiger partial charge in [-0.15, -0.1) is 0 Å². The van der Waals surface area contributed by atoms with Crippen LogP contribution in [0.1, 0.15) is 31.9 Å². The summed E-state index contributed by atoms with van der Waals surface area (Å²) in [6.07, 6.45) is 2.56. The molecule has 0 aliphatic carbocycles. The summed E-state index contributed by atoms with van der Waals surface area (Å²) in [6, 6.07) is 11.3. The summed E-state index contributed by atoms with van der Waals surface area (Å²) in [7, 11) is 0. The molecule has 0 radical (unpaired) electrons. The van der Waals surface area contributed by atoms with E-state index < -0.39 is 0 Å². The van der Waals surface area contributed by atoms with E-state index in [9.17, 15) is 9.18 Å². The largest absolute Gasteiger partial charge is 0.353 e. The van der Waals surface area contributed by atoms with Crippen LogP contribution in [0.25, 0.3) is 0 Å². The van der Waals surface area contributed by atoms with E-state index in [1.165, 1.54) is 13.0 Å². The van der Waals surface area contributed by atoms with Crippen molar-refractivity contribution >= 4 is 17.4 Å². The second-order valence-corrected chi connectivity index (χ2v) is 6.44. The molecule has 0 spiro atoms. The number of anilines is 2. The monoisotopic (exact) mass is 342 g/mol. The molecule has 2 N–H and O–H groups in total. The fraction of sp³-hybridized carbons (Fsp3) is 0.368. The van der Waals surface area contributed by atoms with E-state index in [1.54, 1.807) is 12.3 Å². The molecular formula is C19H23FN4O. The summed E-state index contributed by atoms with van der Waals surface area (Å²) >= 11 is 0. The number of nitrogens with one attached hydrogen (secondary N) is 2. The zero-order chi connectivity index (χ0) is 17.8. The van der Waals surface area contributed by atoms with Gasteiger partial charge in [0.05, 0.1) is 0 Å². The molecule has 25 heavy (non-hydrogen) atoms. The highest BCUT2D eigenvalue weighted by atomic mass is 19.1. The molecule has 1 amide bonds. The van der Waals surface area contributed by atoms with Gasteiger partial charge in [-0.2, -0.15) is 0 Å². The van der Waals surface area contributed by atoms with Crippen LogP contribution < -0.4 is 15.5 Å². The maximum atomic E-state index is 13.9. The van der Waals surface area contributed by atoms with Crippen molar-refractivity contribution in [1.82, 2.24) is 10.3 Å². The first-order valence-corrected chi connectivity index (χ1v) is 8.52. The summed E-state index contributed by atoms with van der Waals surface area (Å²) in [4.78, 5) is 17.3. The minimum atomic E-state index is -0.279. The van der Waals surface area contributed by atoms with Gasteiger partial charge in [0.25, 0.3) is 0 Å². The number of hydrogen-bond donors (Lipinski definition) is 2. The Balaban J connectivity index is 1.61. The average molecular weight is 342 g/mol. The Labute approximate surface area is 147 Å². The molecule has 2 heterocycles. The van der Waals surface area contributed by atoms with Gasteiger partial charge in [-0.25, -0.2) is 9.37 Å². The molecule has 1 aromatic heterocycles. The summed E-state index contributed by atoms with van der Waals surface area (Å²) in [5, 5.41) is 6.39. The number of carbonyl (C=O) groups excluding carboxylic acids is 1. The van der Waals surface area contributed by atoms with Crippen molar-refractivity contribution in [3.05, 3.63) is 54.0 Å². The lowest BCUT2D eigenvalue weighted by Crippen LogP contribution is -2.34. The Morgan fingerprint density at radius 2 is 2.20 bits per heavy atom. The number of nitrogens with zero attached hydrogens (tertiary/aromatic N) is 2. The van der Waals surface area contributed by atoms with Crippen LogP contribution in [0.3, 0.4) is 0 Å². The first-order valence-electron chi connectivity index (χ1n) is 8.52. The van der Waals surface area contributed by atoms with Gasteiger partial charge in [0, 0.05) is 44.0 Å². The van der Waals surface area contributed by atoms with Crippen LogP contribution in [0, 0.1) is 5.82 Å². The van der Waals surface area contributed by atoms with E-state index in [4.69, 9.17) is 0 Å². The van der Waals surface area contributed by atoms with Crippen molar-refractivity contribution in [2.24, 2.45) is 0 Å². The number of pyridine rings is 1. The van der Waals surface area contributed by atoms with Crippen molar-refractivity contribution in [3.8, 4) is 0 Å². The van der Waals surface area contributed by atoms with Crippen LogP contribution in [-0.2, 0) is 4.79 Å². The average Bonchev–Trinajstić information content (AvgIpc) is 3.03. The number of amides is 1. The van der Waals surface area contributed by atoms with Crippen molar-refractivity contribution in [2.45, 2.75) is 32.4 Å². The first kappa shape index (κ1) is 17.4. The third-order valence-electron chi connectivity index (χ3n) is 4.42. The van der Waals surface area contributed by atoms with E-state index >= 15 is 0 Å². The Morgan fingerprint density at radius 1 is 1.36 bits per heavy atom. The molecule has 3 rings (SSSR count). The molecule has 1 aliphatic heterocycles. The molecule has 0 bridgehead atoms. The minimum absolute atomic E-state index is 0.0819. The number of halogens is 1. The minimum Gasteiger partial charge on any atom is -0.353 e. The predicted octanol–water partition coefficient (Wildman–Crippen LogP) is 3.11. The van der Waals surface area contributed by atoms with Gasteiger partial charge in [0.1, 0.15) is 0 Å². The van der Waals surface area contributed by atoms with E-state index in [1.807, 2.05) is 29.2 Å². The molecular weight excluding hydrogens is 319 g/mol. The van der Waals surface area contributed by atoms with Crippen molar-refractivity contribution in [2.75, 3.05) is 23.3 Å². The number of benzene rings is 1. The van der Waals surface area contributed by atoms with Gasteiger partial charge in [0.2, 0.25) is 5.91 Å². The molecule has 1 fully saturated rings. The van der Waals surface area contributed by atoms with Crippen molar-refractivity contribution < 1.29 is 9.18 Å². The summed E-state index contributed by atoms with van der Waals surface area (Å²) in [5.41, 5.74) is 1.90. The molecule has 2 atom stereocenters. The fourth-order valence-electron chi connectivity index (χ4n) is 3.24. The molecule has 1 saturated heterocycles. The molecule has 5 nitrogen and oxygen atoms in total. The van der Waals surface area contributed by atoms with Gasteiger partial charge in [-0.05, 0) is 43.2 Å². The maximum Gasteiger partial charge on any atom is 0.221 e. The predicted molar refractivity (Wildman–Crippen MR) is 97.1 cm³/mol. The van der Waals surface area contributed by atoms with E-state index in [-0.39, 0.29) is 23.8 Å². The van der Waals surface area contributed by atoms with Gasteiger partial charge in [0.15, 0.2) is 11.6 Å². The molecule has 132 valence electrons. The van der Waals surface area contributed by atoms with Gasteiger partial charge < -0.3 is 15.5 Å².